The van der Waals surface area contributed by atoms with Gasteiger partial charge in [-0.2, -0.15) is 4.39 Å². The number of nitrogens with two attached hydrogens (primary N) is 1. The van der Waals surface area contributed by atoms with Gasteiger partial charge in [0.1, 0.15) is 0 Å². The van der Waals surface area contributed by atoms with Crippen LogP contribution in [0.1, 0.15) is 42.2 Å². The first-order valence-electron chi connectivity index (χ1n) is 12.9. The Labute approximate surface area is 229 Å². The lowest BCUT2D eigenvalue weighted by atomic mass is 9.97. The predicted molar refractivity (Wildman–Crippen MR) is 140 cm³/mol. The minimum absolute atomic E-state index is 0.0269. The Bertz CT molecular complexity index is 1200. The number of nitrogens with one attached hydrogen (secondary N) is 1. The van der Waals surface area contributed by atoms with E-state index in [2.05, 4.69) is 27.1 Å². The summed E-state index contributed by atoms with van der Waals surface area (Å²) < 4.78 is 40.8. The molecular formula is C25H33ClF3N7O3. The molecule has 1 amide bonds. The summed E-state index contributed by atoms with van der Waals surface area (Å²) >= 11 is 6.41. The summed E-state index contributed by atoms with van der Waals surface area (Å²) in [6.45, 7) is 5.41. The normalized spacial score (nSPS) is 19.4. The number of halogens is 4. The van der Waals surface area contributed by atoms with Gasteiger partial charge in [-0.1, -0.05) is 18.5 Å². The molecule has 14 heteroatoms. The molecule has 3 heterocycles. The van der Waals surface area contributed by atoms with Crippen molar-refractivity contribution in [2.45, 2.75) is 44.8 Å². The average Bonchev–Trinajstić information content (AvgIpc) is 2.94. The van der Waals surface area contributed by atoms with E-state index < -0.39 is 29.1 Å². The van der Waals surface area contributed by atoms with Crippen LogP contribution in [0.3, 0.4) is 0 Å². The van der Waals surface area contributed by atoms with E-state index in [0.29, 0.717) is 38.0 Å². The van der Waals surface area contributed by atoms with Crippen molar-refractivity contribution in [2.75, 3.05) is 56.5 Å². The highest BCUT2D eigenvalue weighted by Gasteiger charge is 2.35. The Morgan fingerprint density at radius 1 is 1.18 bits per heavy atom. The molecule has 0 unspecified atom stereocenters. The van der Waals surface area contributed by atoms with Crippen LogP contribution in [-0.2, 0) is 6.54 Å². The van der Waals surface area contributed by atoms with Crippen LogP contribution in [0.15, 0.2) is 6.07 Å². The van der Waals surface area contributed by atoms with E-state index in [1.165, 1.54) is 0 Å². The molecule has 0 bridgehead atoms. The lowest BCUT2D eigenvalue weighted by Crippen LogP contribution is -2.58. The molecule has 39 heavy (non-hydrogen) atoms. The number of phenolic OH excluding ortho intramolecular Hbond substituents is 1. The number of hydrogen-bond donors (Lipinski definition) is 4. The number of nitrogens with zero attached hydrogens (tertiary/aromatic N) is 5. The molecule has 0 radical (unpaired) electrons. The first-order chi connectivity index (χ1) is 18.6. The number of aromatic hydroxyl groups is 1. The highest BCUT2D eigenvalue weighted by molar-refractivity contribution is 6.32. The van der Waals surface area contributed by atoms with Crippen LogP contribution >= 0.6 is 11.6 Å². The number of phenols is 1. The third kappa shape index (κ3) is 6.32. The molecule has 214 valence electrons. The van der Waals surface area contributed by atoms with Crippen molar-refractivity contribution in [3.63, 3.8) is 0 Å². The highest BCUT2D eigenvalue weighted by atomic mass is 35.5. The molecule has 2 saturated heterocycles. The van der Waals surface area contributed by atoms with Crippen molar-refractivity contribution in [3.8, 4) is 5.75 Å². The maximum absolute atomic E-state index is 13.8. The second-order valence-corrected chi connectivity index (χ2v) is 10.2. The zero-order valence-corrected chi connectivity index (χ0v) is 22.4. The van der Waals surface area contributed by atoms with Crippen LogP contribution < -0.4 is 16.0 Å². The summed E-state index contributed by atoms with van der Waals surface area (Å²) in [7, 11) is 0. The Kier molecular flexibility index (Phi) is 9.36. The molecule has 5 N–H and O–H groups in total. The van der Waals surface area contributed by atoms with Crippen molar-refractivity contribution in [1.82, 2.24) is 25.1 Å². The first-order valence-corrected chi connectivity index (χ1v) is 13.3. The van der Waals surface area contributed by atoms with Crippen molar-refractivity contribution < 1.29 is 28.2 Å². The number of aliphatic hydroxyl groups excluding tert-OH is 1. The number of anilines is 2. The number of piperazine rings is 1. The van der Waals surface area contributed by atoms with Crippen LogP contribution in [0.5, 0.6) is 5.75 Å². The molecule has 1 atom stereocenters. The molecule has 10 nitrogen and oxygen atoms in total. The van der Waals surface area contributed by atoms with Gasteiger partial charge in [0.05, 0.1) is 6.61 Å². The number of likely N-dealkylation sites (tertiary alicyclic amines) is 1. The molecule has 0 aliphatic carbocycles. The Morgan fingerprint density at radius 3 is 2.56 bits per heavy atom. The van der Waals surface area contributed by atoms with E-state index in [1.807, 2.05) is 9.80 Å². The molecule has 2 aliphatic heterocycles. The van der Waals surface area contributed by atoms with Gasteiger partial charge in [-0.05, 0) is 38.4 Å². The summed E-state index contributed by atoms with van der Waals surface area (Å²) in [4.78, 5) is 27.2. The van der Waals surface area contributed by atoms with Gasteiger partial charge < -0.3 is 26.2 Å². The van der Waals surface area contributed by atoms with Crippen LogP contribution in [-0.4, -0.2) is 93.8 Å². The Morgan fingerprint density at radius 2 is 1.90 bits per heavy atom. The van der Waals surface area contributed by atoms with Gasteiger partial charge in [0.15, 0.2) is 39.9 Å². The number of nitrogen functional groups attached to an aromatic ring is 1. The summed E-state index contributed by atoms with van der Waals surface area (Å²) in [6, 6.07) is 1.35. The number of amides is 1. The number of piperidine rings is 1. The second-order valence-electron chi connectivity index (χ2n) is 9.80. The molecule has 0 saturated carbocycles. The summed E-state index contributed by atoms with van der Waals surface area (Å²) in [5.41, 5.74) is 5.95. The molecule has 1 aromatic carbocycles. The van der Waals surface area contributed by atoms with Crippen molar-refractivity contribution in [2.24, 2.45) is 0 Å². The maximum atomic E-state index is 13.8. The van der Waals surface area contributed by atoms with Crippen molar-refractivity contribution in [3.05, 3.63) is 39.9 Å². The largest absolute Gasteiger partial charge is 0.505 e. The van der Waals surface area contributed by atoms with Gasteiger partial charge in [0, 0.05) is 50.4 Å². The number of aliphatic hydroxyl groups is 1. The van der Waals surface area contributed by atoms with Crippen LogP contribution in [0.4, 0.5) is 24.8 Å². The summed E-state index contributed by atoms with van der Waals surface area (Å²) in [5, 5.41) is 21.4. The number of hydrogen-bond acceptors (Lipinski definition) is 9. The smallest absolute Gasteiger partial charge is 0.273 e. The van der Waals surface area contributed by atoms with Gasteiger partial charge in [-0.15, -0.1) is 0 Å². The average molecular weight is 572 g/mol. The predicted octanol–water partition coefficient (Wildman–Crippen LogP) is 2.12. The highest BCUT2D eigenvalue weighted by Crippen LogP contribution is 2.31. The van der Waals surface area contributed by atoms with Crippen LogP contribution in [0.2, 0.25) is 5.15 Å². The van der Waals surface area contributed by atoms with Gasteiger partial charge in [0.25, 0.3) is 5.91 Å². The zero-order chi connectivity index (χ0) is 28.3. The van der Waals surface area contributed by atoms with Gasteiger partial charge in [0.2, 0.25) is 5.82 Å². The van der Waals surface area contributed by atoms with Gasteiger partial charge >= 0.3 is 0 Å². The number of aromatic nitrogens is 2. The second kappa shape index (κ2) is 12.5. The van der Waals surface area contributed by atoms with E-state index in [1.54, 1.807) is 0 Å². The SMILES string of the molecule is CC[C@H]1CN(c2nc(N)c(C(=O)NCCO)nc2Cl)CCN1C1CCN(Cc2cc(F)c(F)c(F)c2O)CC1. The van der Waals surface area contributed by atoms with Gasteiger partial charge in [-0.25, -0.2) is 18.7 Å². The molecule has 2 fully saturated rings. The quantitative estimate of drug-likeness (QED) is 0.352. The summed E-state index contributed by atoms with van der Waals surface area (Å²) in [6.07, 6.45) is 2.53. The van der Waals surface area contributed by atoms with E-state index in [4.69, 9.17) is 22.4 Å². The Balaban J connectivity index is 1.37. The van der Waals surface area contributed by atoms with Crippen LogP contribution in [0.25, 0.3) is 0 Å². The van der Waals surface area contributed by atoms with Gasteiger partial charge in [-0.3, -0.25) is 14.6 Å². The molecule has 2 aromatic rings. The minimum Gasteiger partial charge on any atom is -0.505 e. The number of carbonyl (C=O) groups is 1. The van der Waals surface area contributed by atoms with E-state index in [0.717, 1.165) is 31.9 Å². The van der Waals surface area contributed by atoms with E-state index in [-0.39, 0.29) is 48.0 Å². The number of rotatable bonds is 8. The first kappa shape index (κ1) is 29.1. The number of benzene rings is 1. The number of carbonyl (C=O) groups excluding carboxylic acids is 1. The fraction of sp³-hybridized carbons (Fsp3) is 0.560. The van der Waals surface area contributed by atoms with E-state index >= 15 is 0 Å². The lowest BCUT2D eigenvalue weighted by Gasteiger charge is -2.47. The fourth-order valence-corrected chi connectivity index (χ4v) is 5.60. The molecule has 4 rings (SSSR count). The standard InChI is InChI=1S/C25H33ClF3N7O3/c1-2-15-13-35(24-22(26)32-20(23(30)33-24)25(39)31-5-10-37)8-9-36(15)16-3-6-34(7-4-16)12-14-11-17(27)18(28)19(29)21(14)38/h11,15-16,37-38H,2-10,12-13H2,1H3,(H2,30,33)(H,31,39)/t15-/m0/s1. The van der Waals surface area contributed by atoms with Crippen molar-refractivity contribution in [1.29, 1.82) is 0 Å². The monoisotopic (exact) mass is 571 g/mol. The summed E-state index contributed by atoms with van der Waals surface area (Å²) in [5.74, 6) is -5.58. The van der Waals surface area contributed by atoms with E-state index in [9.17, 15) is 23.1 Å². The van der Waals surface area contributed by atoms with Crippen LogP contribution in [0, 0.1) is 17.5 Å². The third-order valence-corrected chi connectivity index (χ3v) is 7.66. The minimum atomic E-state index is -1.67. The topological polar surface area (TPSA) is 131 Å². The maximum Gasteiger partial charge on any atom is 0.273 e. The van der Waals surface area contributed by atoms with Crippen molar-refractivity contribution >= 4 is 29.1 Å². The Hall–Kier alpha value is -2.87. The molecule has 1 aromatic heterocycles. The third-order valence-electron chi connectivity index (χ3n) is 7.41. The molecule has 2 aliphatic rings. The zero-order valence-electron chi connectivity index (χ0n) is 21.6. The fourth-order valence-electron chi connectivity index (χ4n) is 5.35. The molecular weight excluding hydrogens is 539 g/mol. The molecule has 0 spiro atoms. The lowest BCUT2D eigenvalue weighted by molar-refractivity contribution is 0.0607.